The number of nitrogens with zero attached hydrogens (tertiary/aromatic N) is 2. The number of aryl methyl sites for hydroxylation is 1. The van der Waals surface area contributed by atoms with Gasteiger partial charge in [0, 0.05) is 10.9 Å². The van der Waals surface area contributed by atoms with Gasteiger partial charge in [-0.15, -0.1) is 11.3 Å². The summed E-state index contributed by atoms with van der Waals surface area (Å²) in [5, 5.41) is 2.82. The Balaban J connectivity index is 1.87. The third-order valence-electron chi connectivity index (χ3n) is 4.75. The van der Waals surface area contributed by atoms with Gasteiger partial charge in [0.25, 0.3) is 0 Å². The molecule has 0 fully saturated rings. The number of ketones is 1. The molecule has 2 aromatic heterocycles. The number of aromatic nitrogens is 3. The Kier molecular flexibility index (Phi) is 5.73. The van der Waals surface area contributed by atoms with Crippen LogP contribution in [0.3, 0.4) is 0 Å². The molecule has 0 amide bonds. The van der Waals surface area contributed by atoms with Gasteiger partial charge in [-0.3, -0.25) is 4.79 Å². The maximum absolute atomic E-state index is 13.7. The first-order valence-corrected chi connectivity index (χ1v) is 10.4. The highest BCUT2D eigenvalue weighted by atomic mass is 32.1. The largest absolute Gasteiger partial charge is 0.493 e. The molecular weight excluding hydrogens is 414 g/mol. The quantitative estimate of drug-likeness (QED) is 0.332. The Morgan fingerprint density at radius 2 is 1.74 bits per heavy atom. The van der Waals surface area contributed by atoms with Gasteiger partial charge in [0.2, 0.25) is 5.75 Å². The van der Waals surface area contributed by atoms with Crippen LogP contribution in [0.15, 0.2) is 41.8 Å². The predicted octanol–water partition coefficient (Wildman–Crippen LogP) is 4.78. The minimum atomic E-state index is -0.246. The number of hydrogen-bond acceptors (Lipinski definition) is 7. The van der Waals surface area contributed by atoms with Crippen LogP contribution in [0.5, 0.6) is 17.2 Å². The van der Waals surface area contributed by atoms with E-state index in [1.165, 1.54) is 32.7 Å². The highest BCUT2D eigenvalue weighted by molar-refractivity contribution is 7.09. The van der Waals surface area contributed by atoms with E-state index in [1.807, 2.05) is 36.6 Å². The molecule has 0 spiro atoms. The standard InChI is InChI=1S/C23H21N3O4S/c1-13-24-15(12-31-13)11-16(23-25-17-7-5-6-8-18(17)26-23)21(27)14-9-19(28-2)22(30-4)20(10-14)29-3/h5-12H,1-4H3,(H,25,26)/b16-11-. The van der Waals surface area contributed by atoms with Crippen molar-refractivity contribution in [2.24, 2.45) is 0 Å². The van der Waals surface area contributed by atoms with Gasteiger partial charge in [-0.25, -0.2) is 9.97 Å². The number of fused-ring (bicyclic) bond motifs is 1. The number of hydrogen-bond donors (Lipinski definition) is 1. The SMILES string of the molecule is COc1cc(C(=O)/C(=C/c2csc(C)n2)c2nc3ccccc3[nH]2)cc(OC)c1OC. The molecule has 158 valence electrons. The number of H-pyrrole nitrogens is 1. The fourth-order valence-electron chi connectivity index (χ4n) is 3.28. The molecule has 31 heavy (non-hydrogen) atoms. The number of imidazole rings is 1. The van der Waals surface area contributed by atoms with Crippen LogP contribution in [0.1, 0.15) is 26.9 Å². The van der Waals surface area contributed by atoms with Crippen molar-refractivity contribution in [3.8, 4) is 17.2 Å². The molecule has 2 heterocycles. The Bertz CT molecular complexity index is 1230. The number of nitrogens with one attached hydrogen (secondary N) is 1. The number of methoxy groups -OCH3 is 3. The van der Waals surface area contributed by atoms with Gasteiger partial charge < -0.3 is 19.2 Å². The smallest absolute Gasteiger partial charge is 0.203 e. The number of rotatable bonds is 7. The van der Waals surface area contributed by atoms with Crippen LogP contribution in [0, 0.1) is 6.92 Å². The maximum atomic E-state index is 13.7. The Morgan fingerprint density at radius 3 is 2.32 bits per heavy atom. The third-order valence-corrected chi connectivity index (χ3v) is 5.54. The molecule has 0 atom stereocenters. The average molecular weight is 436 g/mol. The van der Waals surface area contributed by atoms with Crippen LogP contribution in [0.2, 0.25) is 0 Å². The Labute approximate surface area is 183 Å². The number of allylic oxidation sites excluding steroid dienone is 1. The molecule has 8 heteroatoms. The van der Waals surface area contributed by atoms with Gasteiger partial charge in [0.15, 0.2) is 17.3 Å². The topological polar surface area (TPSA) is 86.3 Å². The summed E-state index contributed by atoms with van der Waals surface area (Å²) in [5.41, 5.74) is 3.08. The fourth-order valence-corrected chi connectivity index (χ4v) is 3.85. The summed E-state index contributed by atoms with van der Waals surface area (Å²) in [6, 6.07) is 10.9. The van der Waals surface area contributed by atoms with E-state index in [-0.39, 0.29) is 5.78 Å². The molecule has 0 aliphatic rings. The average Bonchev–Trinajstić information content (AvgIpc) is 3.41. The molecule has 0 unspecified atom stereocenters. The molecule has 0 saturated heterocycles. The maximum Gasteiger partial charge on any atom is 0.203 e. The number of thiazole rings is 1. The number of carbonyl (C=O) groups is 1. The summed E-state index contributed by atoms with van der Waals surface area (Å²) in [6.07, 6.45) is 1.74. The van der Waals surface area contributed by atoms with Gasteiger partial charge >= 0.3 is 0 Å². The fraction of sp³-hybridized carbons (Fsp3) is 0.174. The van der Waals surface area contributed by atoms with E-state index in [9.17, 15) is 4.79 Å². The summed E-state index contributed by atoms with van der Waals surface area (Å²) in [6.45, 7) is 1.92. The zero-order chi connectivity index (χ0) is 22.0. The number of aromatic amines is 1. The monoisotopic (exact) mass is 435 g/mol. The third kappa shape index (κ3) is 4.02. The van der Waals surface area contributed by atoms with Gasteiger partial charge in [-0.2, -0.15) is 0 Å². The Morgan fingerprint density at radius 1 is 1.03 bits per heavy atom. The van der Waals surface area contributed by atoms with Crippen molar-refractivity contribution in [2.75, 3.05) is 21.3 Å². The van der Waals surface area contributed by atoms with E-state index in [0.29, 0.717) is 39.9 Å². The van der Waals surface area contributed by atoms with E-state index in [1.54, 1.807) is 18.2 Å². The minimum Gasteiger partial charge on any atom is -0.493 e. The van der Waals surface area contributed by atoms with Gasteiger partial charge in [-0.1, -0.05) is 12.1 Å². The van der Waals surface area contributed by atoms with E-state index in [0.717, 1.165) is 16.0 Å². The first-order valence-electron chi connectivity index (χ1n) is 9.47. The molecular formula is C23H21N3O4S. The summed E-state index contributed by atoms with van der Waals surface area (Å²) >= 11 is 1.52. The molecule has 0 bridgehead atoms. The highest BCUT2D eigenvalue weighted by Crippen LogP contribution is 2.39. The molecule has 7 nitrogen and oxygen atoms in total. The lowest BCUT2D eigenvalue weighted by Crippen LogP contribution is -2.06. The lowest BCUT2D eigenvalue weighted by atomic mass is 10.0. The lowest BCUT2D eigenvalue weighted by Gasteiger charge is -2.14. The molecule has 2 aromatic carbocycles. The van der Waals surface area contributed by atoms with Crippen molar-refractivity contribution >= 4 is 39.8 Å². The van der Waals surface area contributed by atoms with E-state index in [4.69, 9.17) is 14.2 Å². The van der Waals surface area contributed by atoms with Crippen LogP contribution >= 0.6 is 11.3 Å². The number of para-hydroxylation sites is 2. The van der Waals surface area contributed by atoms with Crippen LogP contribution in [0.25, 0.3) is 22.7 Å². The molecule has 0 radical (unpaired) electrons. The summed E-state index contributed by atoms with van der Waals surface area (Å²) in [4.78, 5) is 26.0. The van der Waals surface area contributed by atoms with Crippen molar-refractivity contribution in [3.05, 3.63) is 63.9 Å². The van der Waals surface area contributed by atoms with Crippen molar-refractivity contribution in [1.29, 1.82) is 0 Å². The van der Waals surface area contributed by atoms with E-state index >= 15 is 0 Å². The number of carbonyl (C=O) groups excluding carboxylic acids is 1. The summed E-state index contributed by atoms with van der Waals surface area (Å²) < 4.78 is 16.2. The van der Waals surface area contributed by atoms with Crippen LogP contribution < -0.4 is 14.2 Å². The van der Waals surface area contributed by atoms with Crippen molar-refractivity contribution in [2.45, 2.75) is 6.92 Å². The zero-order valence-corrected chi connectivity index (χ0v) is 18.4. The first-order chi connectivity index (χ1) is 15.0. The highest BCUT2D eigenvalue weighted by Gasteiger charge is 2.23. The second-order valence-electron chi connectivity index (χ2n) is 6.70. The molecule has 4 aromatic rings. The lowest BCUT2D eigenvalue weighted by molar-refractivity contribution is 0.105. The van der Waals surface area contributed by atoms with Crippen molar-refractivity contribution in [1.82, 2.24) is 15.0 Å². The minimum absolute atomic E-state index is 0.246. The number of Topliss-reactive ketones (excluding diaryl/α,β-unsaturated/α-hetero) is 1. The van der Waals surface area contributed by atoms with Crippen LogP contribution in [-0.4, -0.2) is 42.1 Å². The molecule has 0 saturated carbocycles. The van der Waals surface area contributed by atoms with Crippen molar-refractivity contribution in [3.63, 3.8) is 0 Å². The second kappa shape index (κ2) is 8.61. The van der Waals surface area contributed by atoms with E-state index in [2.05, 4.69) is 15.0 Å². The molecule has 4 rings (SSSR count). The summed E-state index contributed by atoms with van der Waals surface area (Å²) in [5.74, 6) is 1.44. The number of ether oxygens (including phenoxy) is 3. The van der Waals surface area contributed by atoms with E-state index < -0.39 is 0 Å². The predicted molar refractivity (Wildman–Crippen MR) is 121 cm³/mol. The molecule has 0 aliphatic heterocycles. The number of benzene rings is 2. The second-order valence-corrected chi connectivity index (χ2v) is 7.76. The first kappa shape index (κ1) is 20.6. The van der Waals surface area contributed by atoms with Crippen molar-refractivity contribution < 1.29 is 19.0 Å². The molecule has 1 N–H and O–H groups in total. The Hall–Kier alpha value is -3.65. The molecule has 0 aliphatic carbocycles. The normalized spacial score (nSPS) is 11.5. The van der Waals surface area contributed by atoms with Crippen LogP contribution in [0.4, 0.5) is 0 Å². The van der Waals surface area contributed by atoms with Gasteiger partial charge in [0.05, 0.1) is 48.6 Å². The van der Waals surface area contributed by atoms with Gasteiger partial charge in [0.1, 0.15) is 5.82 Å². The summed E-state index contributed by atoms with van der Waals surface area (Å²) in [7, 11) is 4.55. The van der Waals surface area contributed by atoms with Gasteiger partial charge in [-0.05, 0) is 37.3 Å². The van der Waals surface area contributed by atoms with Crippen LogP contribution in [-0.2, 0) is 0 Å². The zero-order valence-electron chi connectivity index (χ0n) is 17.6.